The molecule has 0 spiro atoms. The summed E-state index contributed by atoms with van der Waals surface area (Å²) in [5, 5.41) is 17.8. The summed E-state index contributed by atoms with van der Waals surface area (Å²) < 4.78 is 2.29. The molecule has 0 aromatic carbocycles. The zero-order valence-electron chi connectivity index (χ0n) is 11.4. The largest absolute Gasteiger partial charge is 0.387 e. The first-order chi connectivity index (χ1) is 8.66. The molecule has 4 nitrogen and oxygen atoms in total. The number of rotatable bonds is 9. The lowest BCUT2D eigenvalue weighted by molar-refractivity contribution is 0.153. The van der Waals surface area contributed by atoms with Crippen LogP contribution in [0.2, 0.25) is 0 Å². The van der Waals surface area contributed by atoms with Gasteiger partial charge in [0.05, 0.1) is 6.10 Å². The van der Waals surface area contributed by atoms with Crippen LogP contribution in [0.3, 0.4) is 0 Å². The van der Waals surface area contributed by atoms with Crippen molar-refractivity contribution in [1.82, 2.24) is 15.0 Å². The van der Waals surface area contributed by atoms with E-state index in [0.717, 1.165) is 18.5 Å². The Balaban J connectivity index is 2.16. The normalized spacial score (nSPS) is 12.9. The molecular weight excluding hydrogens is 294 g/mol. The number of aryl methyl sites for hydroxylation is 1. The Kier molecular flexibility index (Phi) is 7.51. The molecule has 1 N–H and O–H groups in total. The van der Waals surface area contributed by atoms with Crippen molar-refractivity contribution in [1.29, 1.82) is 0 Å². The van der Waals surface area contributed by atoms with Gasteiger partial charge in [0.25, 0.3) is 0 Å². The molecule has 0 bridgehead atoms. The van der Waals surface area contributed by atoms with E-state index in [2.05, 4.69) is 33.2 Å². The van der Waals surface area contributed by atoms with Gasteiger partial charge in [-0.2, -0.15) is 0 Å². The van der Waals surface area contributed by atoms with Crippen LogP contribution < -0.4 is 0 Å². The van der Waals surface area contributed by atoms with Gasteiger partial charge >= 0.3 is 0 Å². The Bertz CT molecular complexity index is 321. The number of hydrogen-bond donors (Lipinski definition) is 1. The monoisotopic (exact) mass is 317 g/mol. The zero-order valence-corrected chi connectivity index (χ0v) is 13.0. The molecule has 0 saturated heterocycles. The van der Waals surface area contributed by atoms with E-state index in [1.54, 1.807) is 11.7 Å². The molecule has 0 saturated carbocycles. The molecular formula is C13H24BrN3O. The molecule has 0 aliphatic heterocycles. The minimum absolute atomic E-state index is 0.463. The van der Waals surface area contributed by atoms with Crippen LogP contribution >= 0.6 is 15.9 Å². The predicted molar refractivity (Wildman–Crippen MR) is 76.3 cm³/mol. The summed E-state index contributed by atoms with van der Waals surface area (Å²) in [6.07, 6.45) is 9.16. The van der Waals surface area contributed by atoms with Crippen molar-refractivity contribution < 1.29 is 5.11 Å². The van der Waals surface area contributed by atoms with Crippen LogP contribution in [0, 0.1) is 0 Å². The SMILES string of the molecule is CCCCCCCCCC(O)c1c(Br)nnn1C. The third-order valence-corrected chi connectivity index (χ3v) is 3.79. The van der Waals surface area contributed by atoms with Crippen LogP contribution in [0.5, 0.6) is 0 Å². The number of aliphatic hydroxyl groups is 1. The van der Waals surface area contributed by atoms with Crippen molar-refractivity contribution in [2.75, 3.05) is 0 Å². The van der Waals surface area contributed by atoms with Crippen LogP contribution in [0.25, 0.3) is 0 Å². The molecule has 1 heterocycles. The number of nitrogens with zero attached hydrogens (tertiary/aromatic N) is 3. The lowest BCUT2D eigenvalue weighted by Gasteiger charge is -2.10. The minimum Gasteiger partial charge on any atom is -0.387 e. The van der Waals surface area contributed by atoms with Crippen molar-refractivity contribution in [3.63, 3.8) is 0 Å². The van der Waals surface area contributed by atoms with E-state index in [-0.39, 0.29) is 0 Å². The molecule has 1 atom stereocenters. The fraction of sp³-hybridized carbons (Fsp3) is 0.846. The number of halogens is 1. The predicted octanol–water partition coefficient (Wildman–Crippen LogP) is 3.75. The van der Waals surface area contributed by atoms with E-state index in [9.17, 15) is 5.11 Å². The van der Waals surface area contributed by atoms with Crippen LogP contribution in [0.1, 0.15) is 70.1 Å². The lowest BCUT2D eigenvalue weighted by Crippen LogP contribution is -2.05. The van der Waals surface area contributed by atoms with Crippen LogP contribution in [-0.4, -0.2) is 20.1 Å². The highest BCUT2D eigenvalue weighted by molar-refractivity contribution is 9.10. The average Bonchev–Trinajstić information content (AvgIpc) is 2.68. The van der Waals surface area contributed by atoms with Crippen molar-refractivity contribution in [2.24, 2.45) is 7.05 Å². The second kappa shape index (κ2) is 8.64. The fourth-order valence-corrected chi connectivity index (χ4v) is 2.72. The average molecular weight is 318 g/mol. The smallest absolute Gasteiger partial charge is 0.154 e. The maximum atomic E-state index is 10.1. The molecule has 1 aromatic rings. The first kappa shape index (κ1) is 15.6. The third-order valence-electron chi connectivity index (χ3n) is 3.22. The summed E-state index contributed by atoms with van der Waals surface area (Å²) in [7, 11) is 1.81. The summed E-state index contributed by atoms with van der Waals surface area (Å²) in [4.78, 5) is 0. The Morgan fingerprint density at radius 2 is 1.78 bits per heavy atom. The molecule has 1 aromatic heterocycles. The minimum atomic E-state index is -0.463. The van der Waals surface area contributed by atoms with Crippen molar-refractivity contribution >= 4 is 15.9 Å². The Labute approximate surface area is 118 Å². The maximum Gasteiger partial charge on any atom is 0.154 e. The van der Waals surface area contributed by atoms with E-state index in [0.29, 0.717) is 4.60 Å². The van der Waals surface area contributed by atoms with Crippen LogP contribution in [-0.2, 0) is 7.05 Å². The van der Waals surface area contributed by atoms with Crippen molar-refractivity contribution in [2.45, 2.75) is 64.4 Å². The second-order valence-electron chi connectivity index (χ2n) is 4.81. The molecule has 18 heavy (non-hydrogen) atoms. The summed E-state index contributed by atoms with van der Waals surface area (Å²) in [6, 6.07) is 0. The van der Waals surface area contributed by atoms with Gasteiger partial charge in [-0.05, 0) is 22.4 Å². The number of aliphatic hydroxyl groups excluding tert-OH is 1. The van der Waals surface area contributed by atoms with Gasteiger partial charge < -0.3 is 5.11 Å². The number of unbranched alkanes of at least 4 members (excludes halogenated alkanes) is 6. The highest BCUT2D eigenvalue weighted by Crippen LogP contribution is 2.24. The molecule has 0 amide bonds. The van der Waals surface area contributed by atoms with Gasteiger partial charge in [0.15, 0.2) is 4.60 Å². The van der Waals surface area contributed by atoms with Gasteiger partial charge in [-0.1, -0.05) is 57.1 Å². The summed E-state index contributed by atoms with van der Waals surface area (Å²) in [5.74, 6) is 0. The van der Waals surface area contributed by atoms with Gasteiger partial charge in [-0.25, -0.2) is 4.68 Å². The van der Waals surface area contributed by atoms with E-state index >= 15 is 0 Å². The maximum absolute atomic E-state index is 10.1. The molecule has 104 valence electrons. The highest BCUT2D eigenvalue weighted by Gasteiger charge is 2.16. The highest BCUT2D eigenvalue weighted by atomic mass is 79.9. The molecule has 1 rings (SSSR count). The van der Waals surface area contributed by atoms with E-state index in [1.807, 2.05) is 0 Å². The molecule has 0 aliphatic rings. The molecule has 0 radical (unpaired) electrons. The standard InChI is InChI=1S/C13H24BrN3O/c1-3-4-5-6-7-8-9-10-11(18)12-13(14)15-16-17(12)2/h11,18H,3-10H2,1-2H3. The molecule has 0 fully saturated rings. The summed E-state index contributed by atoms with van der Waals surface area (Å²) in [5.41, 5.74) is 0.779. The van der Waals surface area contributed by atoms with Crippen molar-refractivity contribution in [3.8, 4) is 0 Å². The molecule has 0 aliphatic carbocycles. The Morgan fingerprint density at radius 3 is 2.33 bits per heavy atom. The first-order valence-electron chi connectivity index (χ1n) is 6.90. The van der Waals surface area contributed by atoms with Gasteiger partial charge in [0.2, 0.25) is 0 Å². The Hall–Kier alpha value is -0.420. The van der Waals surface area contributed by atoms with Gasteiger partial charge in [-0.3, -0.25) is 0 Å². The Morgan fingerprint density at radius 1 is 1.17 bits per heavy atom. The molecule has 5 heteroatoms. The number of hydrogen-bond acceptors (Lipinski definition) is 3. The lowest BCUT2D eigenvalue weighted by atomic mass is 10.1. The van der Waals surface area contributed by atoms with Crippen LogP contribution in [0.4, 0.5) is 0 Å². The van der Waals surface area contributed by atoms with Crippen LogP contribution in [0.15, 0.2) is 4.60 Å². The van der Waals surface area contributed by atoms with Gasteiger partial charge in [-0.15, -0.1) is 5.10 Å². The second-order valence-corrected chi connectivity index (χ2v) is 5.57. The third kappa shape index (κ3) is 5.06. The van der Waals surface area contributed by atoms with Gasteiger partial charge in [0.1, 0.15) is 5.69 Å². The summed E-state index contributed by atoms with van der Waals surface area (Å²) >= 11 is 3.31. The number of aromatic nitrogens is 3. The zero-order chi connectivity index (χ0) is 13.4. The van der Waals surface area contributed by atoms with E-state index < -0.39 is 6.10 Å². The summed E-state index contributed by atoms with van der Waals surface area (Å²) in [6.45, 7) is 2.23. The fourth-order valence-electron chi connectivity index (χ4n) is 2.12. The van der Waals surface area contributed by atoms with Crippen molar-refractivity contribution in [3.05, 3.63) is 10.3 Å². The first-order valence-corrected chi connectivity index (χ1v) is 7.69. The van der Waals surface area contributed by atoms with E-state index in [4.69, 9.17) is 0 Å². The molecule has 1 unspecified atom stereocenters. The quantitative estimate of drug-likeness (QED) is 0.706. The topological polar surface area (TPSA) is 50.9 Å². The van der Waals surface area contributed by atoms with Gasteiger partial charge in [0, 0.05) is 7.05 Å². The van der Waals surface area contributed by atoms with E-state index in [1.165, 1.54) is 38.5 Å².